The van der Waals surface area contributed by atoms with Gasteiger partial charge in [-0.1, -0.05) is 36.8 Å². The van der Waals surface area contributed by atoms with Gasteiger partial charge in [-0.25, -0.2) is 0 Å². The number of unbranched alkanes of at least 4 members (excludes halogenated alkanes) is 1. The minimum absolute atomic E-state index is 0.0235. The summed E-state index contributed by atoms with van der Waals surface area (Å²) in [5, 5.41) is 12.7. The van der Waals surface area contributed by atoms with Crippen LogP contribution in [0.15, 0.2) is 24.3 Å². The summed E-state index contributed by atoms with van der Waals surface area (Å²) in [6.07, 6.45) is 4.40. The van der Waals surface area contributed by atoms with Gasteiger partial charge in [0.2, 0.25) is 16.9 Å². The summed E-state index contributed by atoms with van der Waals surface area (Å²) in [5.74, 6) is 0.650. The fourth-order valence-corrected chi connectivity index (χ4v) is 4.72. The van der Waals surface area contributed by atoms with Gasteiger partial charge in [0.15, 0.2) is 0 Å². The van der Waals surface area contributed by atoms with E-state index in [2.05, 4.69) is 22.4 Å². The molecule has 29 heavy (non-hydrogen) atoms. The van der Waals surface area contributed by atoms with Crippen LogP contribution in [0.1, 0.15) is 61.6 Å². The van der Waals surface area contributed by atoms with E-state index in [0.29, 0.717) is 17.6 Å². The highest BCUT2D eigenvalue weighted by Crippen LogP contribution is 2.43. The molecule has 1 N–H and O–H groups in total. The topological polar surface area (TPSA) is 84.4 Å². The largest absolute Gasteiger partial charge is 0.497 e. The van der Waals surface area contributed by atoms with E-state index in [1.165, 1.54) is 11.3 Å². The summed E-state index contributed by atoms with van der Waals surface area (Å²) < 4.78 is 5.25. The fraction of sp³-hybridized carbons (Fsp3) is 0.524. The van der Waals surface area contributed by atoms with Gasteiger partial charge in [-0.3, -0.25) is 9.59 Å². The molecule has 0 unspecified atom stereocenters. The third-order valence-corrected chi connectivity index (χ3v) is 6.58. The molecule has 1 aromatic carbocycles. The van der Waals surface area contributed by atoms with Crippen molar-refractivity contribution >= 4 is 28.3 Å². The first kappa shape index (κ1) is 19.8. The van der Waals surface area contributed by atoms with Gasteiger partial charge < -0.3 is 15.0 Å². The number of amides is 2. The lowest BCUT2D eigenvalue weighted by Gasteiger charge is -2.28. The molecule has 0 spiro atoms. The second kappa shape index (κ2) is 8.49. The number of nitrogens with one attached hydrogen (secondary N) is 1. The summed E-state index contributed by atoms with van der Waals surface area (Å²) in [6.45, 7) is 2.75. The van der Waals surface area contributed by atoms with E-state index in [0.717, 1.165) is 42.0 Å². The molecule has 2 fully saturated rings. The van der Waals surface area contributed by atoms with E-state index < -0.39 is 5.92 Å². The Balaban J connectivity index is 1.56. The highest BCUT2D eigenvalue weighted by Gasteiger charge is 2.44. The maximum Gasteiger partial charge on any atom is 0.232 e. The quantitative estimate of drug-likeness (QED) is 0.711. The number of anilines is 1. The van der Waals surface area contributed by atoms with Crippen molar-refractivity contribution in [3.63, 3.8) is 0 Å². The summed E-state index contributed by atoms with van der Waals surface area (Å²) >= 11 is 1.44. The SMILES string of the molecule is CCCCN1C(=O)C[C@@H](C(=O)Nc2nnc(C3CC3)s2)[C@H]1c1ccc(OC)cc1. The molecule has 0 radical (unpaired) electrons. The highest BCUT2D eigenvalue weighted by molar-refractivity contribution is 7.15. The first-order chi connectivity index (χ1) is 14.1. The Morgan fingerprint density at radius 3 is 2.69 bits per heavy atom. The molecule has 1 saturated heterocycles. The monoisotopic (exact) mass is 414 g/mol. The zero-order valence-electron chi connectivity index (χ0n) is 16.8. The number of hydrogen-bond donors (Lipinski definition) is 1. The van der Waals surface area contributed by atoms with Crippen LogP contribution in [0.3, 0.4) is 0 Å². The smallest absolute Gasteiger partial charge is 0.232 e. The molecule has 2 atom stereocenters. The third-order valence-electron chi connectivity index (χ3n) is 5.58. The van der Waals surface area contributed by atoms with Crippen LogP contribution in [0, 0.1) is 5.92 Å². The van der Waals surface area contributed by atoms with Crippen molar-refractivity contribution in [1.82, 2.24) is 15.1 Å². The van der Waals surface area contributed by atoms with Crippen LogP contribution in [0.25, 0.3) is 0 Å². The number of carbonyl (C=O) groups is 2. The van der Waals surface area contributed by atoms with Crippen LogP contribution < -0.4 is 10.1 Å². The van der Waals surface area contributed by atoms with Crippen molar-refractivity contribution in [3.05, 3.63) is 34.8 Å². The Kier molecular flexibility index (Phi) is 5.80. The number of ether oxygens (including phenoxy) is 1. The number of benzene rings is 1. The van der Waals surface area contributed by atoms with Crippen LogP contribution in [-0.2, 0) is 9.59 Å². The number of hydrogen-bond acceptors (Lipinski definition) is 6. The Hall–Kier alpha value is -2.48. The maximum absolute atomic E-state index is 13.1. The van der Waals surface area contributed by atoms with Crippen molar-refractivity contribution in [2.75, 3.05) is 19.0 Å². The van der Waals surface area contributed by atoms with Gasteiger partial charge in [0, 0.05) is 18.9 Å². The Morgan fingerprint density at radius 1 is 1.28 bits per heavy atom. The number of likely N-dealkylation sites (tertiary alicyclic amines) is 1. The van der Waals surface area contributed by atoms with E-state index in [1.54, 1.807) is 7.11 Å². The molecule has 2 aromatic rings. The zero-order chi connectivity index (χ0) is 20.4. The summed E-state index contributed by atoms with van der Waals surface area (Å²) in [5.41, 5.74) is 0.948. The zero-order valence-corrected chi connectivity index (χ0v) is 17.6. The molecule has 154 valence electrons. The number of nitrogens with zero attached hydrogens (tertiary/aromatic N) is 3. The number of methoxy groups -OCH3 is 1. The maximum atomic E-state index is 13.1. The van der Waals surface area contributed by atoms with Crippen LogP contribution in [-0.4, -0.2) is 40.6 Å². The summed E-state index contributed by atoms with van der Waals surface area (Å²) in [4.78, 5) is 27.7. The first-order valence-corrected chi connectivity index (χ1v) is 11.0. The molecule has 1 aliphatic heterocycles. The molecular weight excluding hydrogens is 388 g/mol. The molecule has 0 bridgehead atoms. The van der Waals surface area contributed by atoms with Crippen LogP contribution in [0.4, 0.5) is 5.13 Å². The Morgan fingerprint density at radius 2 is 2.03 bits per heavy atom. The molecule has 2 amide bonds. The minimum atomic E-state index is -0.457. The predicted octanol–water partition coefficient (Wildman–Crippen LogP) is 3.75. The second-order valence-corrected chi connectivity index (χ2v) is 8.69. The number of rotatable bonds is 8. The van der Waals surface area contributed by atoms with Crippen molar-refractivity contribution in [1.29, 1.82) is 0 Å². The highest BCUT2D eigenvalue weighted by atomic mass is 32.1. The van der Waals surface area contributed by atoms with Crippen molar-refractivity contribution in [2.45, 2.75) is 51.0 Å². The molecular formula is C21H26N4O3S. The Bertz CT molecular complexity index is 878. The van der Waals surface area contributed by atoms with Gasteiger partial charge in [-0.05, 0) is 37.0 Å². The van der Waals surface area contributed by atoms with Gasteiger partial charge >= 0.3 is 0 Å². The summed E-state index contributed by atoms with van der Waals surface area (Å²) in [7, 11) is 1.62. The van der Waals surface area contributed by atoms with Crippen LogP contribution in [0.5, 0.6) is 5.75 Å². The molecule has 7 nitrogen and oxygen atoms in total. The second-order valence-electron chi connectivity index (χ2n) is 7.68. The lowest BCUT2D eigenvalue weighted by atomic mass is 9.92. The average Bonchev–Trinajstić information content (AvgIpc) is 3.39. The van der Waals surface area contributed by atoms with Gasteiger partial charge in [-0.2, -0.15) is 0 Å². The van der Waals surface area contributed by atoms with Gasteiger partial charge in [-0.15, -0.1) is 10.2 Å². The van der Waals surface area contributed by atoms with E-state index in [1.807, 2.05) is 29.2 Å². The predicted molar refractivity (Wildman–Crippen MR) is 111 cm³/mol. The molecule has 4 rings (SSSR count). The first-order valence-electron chi connectivity index (χ1n) is 10.2. The van der Waals surface area contributed by atoms with Gasteiger partial charge in [0.1, 0.15) is 10.8 Å². The van der Waals surface area contributed by atoms with E-state index in [-0.39, 0.29) is 24.3 Å². The van der Waals surface area contributed by atoms with Gasteiger partial charge in [0.25, 0.3) is 0 Å². The Labute approximate surface area is 174 Å². The van der Waals surface area contributed by atoms with Crippen LogP contribution in [0.2, 0.25) is 0 Å². The van der Waals surface area contributed by atoms with E-state index >= 15 is 0 Å². The normalized spacial score (nSPS) is 21.4. The van der Waals surface area contributed by atoms with Gasteiger partial charge in [0.05, 0.1) is 19.1 Å². The van der Waals surface area contributed by atoms with E-state index in [4.69, 9.17) is 4.74 Å². The minimum Gasteiger partial charge on any atom is -0.497 e. The molecule has 2 heterocycles. The molecule has 1 saturated carbocycles. The van der Waals surface area contributed by atoms with E-state index in [9.17, 15) is 9.59 Å². The van der Waals surface area contributed by atoms with Crippen LogP contribution >= 0.6 is 11.3 Å². The molecule has 1 aromatic heterocycles. The molecule has 8 heteroatoms. The average molecular weight is 415 g/mol. The molecule has 1 aliphatic carbocycles. The third kappa shape index (κ3) is 4.27. The van der Waals surface area contributed by atoms with Crippen molar-refractivity contribution < 1.29 is 14.3 Å². The fourth-order valence-electron chi connectivity index (χ4n) is 3.81. The van der Waals surface area contributed by atoms with Crippen molar-refractivity contribution in [3.8, 4) is 5.75 Å². The van der Waals surface area contributed by atoms with Crippen molar-refractivity contribution in [2.24, 2.45) is 5.92 Å². The molecule has 2 aliphatic rings. The lowest BCUT2D eigenvalue weighted by Crippen LogP contribution is -2.33. The standard InChI is InChI=1S/C21H26N4O3S/c1-3-4-11-25-17(26)12-16(18(25)13-7-9-15(28-2)10-8-13)19(27)22-21-24-23-20(29-21)14-5-6-14/h7-10,14,16,18H,3-6,11-12H2,1-2H3,(H,22,24,27)/t16-,18-/m1/s1. The lowest BCUT2D eigenvalue weighted by molar-refractivity contribution is -0.129. The summed E-state index contributed by atoms with van der Waals surface area (Å²) in [6, 6.07) is 7.35. The number of carbonyl (C=O) groups excluding carboxylic acids is 2. The number of aromatic nitrogens is 2.